The summed E-state index contributed by atoms with van der Waals surface area (Å²) in [6.07, 6.45) is 0.743. The lowest BCUT2D eigenvalue weighted by molar-refractivity contribution is -0.147. The first-order valence-corrected chi connectivity index (χ1v) is 7.54. The third-order valence-corrected chi connectivity index (χ3v) is 4.33. The first-order valence-electron chi connectivity index (χ1n) is 6.55. The number of aryl methyl sites for hydroxylation is 1. The Balaban J connectivity index is 2.58. The average molecular weight is 281 g/mol. The summed E-state index contributed by atoms with van der Waals surface area (Å²) in [7, 11) is 1.44. The summed E-state index contributed by atoms with van der Waals surface area (Å²) >= 11 is 1.78. The van der Waals surface area contributed by atoms with E-state index in [-0.39, 0.29) is 5.97 Å². The van der Waals surface area contributed by atoms with Crippen LogP contribution < -0.4 is 5.32 Å². The highest BCUT2D eigenvalue weighted by Gasteiger charge is 2.32. The Bertz CT molecular complexity index is 422. The molecular formula is C15H23NO2S. The lowest BCUT2D eigenvalue weighted by atomic mass is 9.99. The first-order chi connectivity index (χ1) is 9.03. The van der Waals surface area contributed by atoms with Gasteiger partial charge < -0.3 is 10.1 Å². The van der Waals surface area contributed by atoms with Crippen LogP contribution in [0.5, 0.6) is 0 Å². The van der Waals surface area contributed by atoms with E-state index in [0.717, 1.165) is 18.7 Å². The summed E-state index contributed by atoms with van der Waals surface area (Å²) in [5, 5.41) is 3.22. The van der Waals surface area contributed by atoms with Gasteiger partial charge in [0.1, 0.15) is 5.54 Å². The Morgan fingerprint density at radius 3 is 2.68 bits per heavy atom. The number of thioether (sulfide) groups is 1. The van der Waals surface area contributed by atoms with Crippen molar-refractivity contribution in [3.63, 3.8) is 0 Å². The van der Waals surface area contributed by atoms with Gasteiger partial charge >= 0.3 is 5.97 Å². The van der Waals surface area contributed by atoms with E-state index >= 15 is 0 Å². The second-order valence-electron chi connectivity index (χ2n) is 4.72. The van der Waals surface area contributed by atoms with Crippen LogP contribution in [-0.4, -0.2) is 30.9 Å². The number of carbonyl (C=O) groups is 1. The number of methoxy groups -OCH3 is 1. The molecule has 0 aromatic heterocycles. The van der Waals surface area contributed by atoms with Crippen molar-refractivity contribution in [2.75, 3.05) is 19.4 Å². The molecule has 1 unspecified atom stereocenters. The van der Waals surface area contributed by atoms with Gasteiger partial charge in [-0.15, -0.1) is 11.8 Å². The number of esters is 1. The van der Waals surface area contributed by atoms with Crippen molar-refractivity contribution in [3.8, 4) is 0 Å². The van der Waals surface area contributed by atoms with Gasteiger partial charge in [-0.05, 0) is 38.4 Å². The minimum absolute atomic E-state index is 0.195. The maximum absolute atomic E-state index is 11.8. The number of nitrogens with one attached hydrogen (secondary N) is 1. The van der Waals surface area contributed by atoms with E-state index in [9.17, 15) is 4.79 Å². The van der Waals surface area contributed by atoms with Crippen LogP contribution >= 0.6 is 11.8 Å². The molecule has 3 nitrogen and oxygen atoms in total. The molecule has 1 rings (SSSR count). The maximum Gasteiger partial charge on any atom is 0.325 e. The molecule has 0 amide bonds. The third-order valence-electron chi connectivity index (χ3n) is 3.16. The third kappa shape index (κ3) is 4.55. The highest BCUT2D eigenvalue weighted by Crippen LogP contribution is 2.25. The molecule has 0 aliphatic rings. The van der Waals surface area contributed by atoms with E-state index in [1.54, 1.807) is 11.8 Å². The second-order valence-corrected chi connectivity index (χ2v) is 5.85. The predicted octanol–water partition coefficient (Wildman–Crippen LogP) is 3.02. The molecule has 1 atom stereocenters. The molecule has 0 heterocycles. The molecule has 19 heavy (non-hydrogen) atoms. The van der Waals surface area contributed by atoms with Gasteiger partial charge in [0.05, 0.1) is 7.11 Å². The molecule has 0 spiro atoms. The highest BCUT2D eigenvalue weighted by molar-refractivity contribution is 7.99. The van der Waals surface area contributed by atoms with Crippen molar-refractivity contribution in [1.82, 2.24) is 5.32 Å². The Morgan fingerprint density at radius 2 is 2.11 bits per heavy atom. The van der Waals surface area contributed by atoms with Crippen molar-refractivity contribution in [2.45, 2.75) is 37.6 Å². The zero-order chi connectivity index (χ0) is 14.3. The minimum Gasteiger partial charge on any atom is -0.468 e. The SMILES string of the molecule is CCNC(C)(CCSc1ccccc1C)C(=O)OC. The van der Waals surface area contributed by atoms with Crippen molar-refractivity contribution < 1.29 is 9.53 Å². The Kier molecular flexibility index (Phi) is 6.38. The van der Waals surface area contributed by atoms with Crippen molar-refractivity contribution in [3.05, 3.63) is 29.8 Å². The van der Waals surface area contributed by atoms with Gasteiger partial charge in [-0.2, -0.15) is 0 Å². The van der Waals surface area contributed by atoms with Gasteiger partial charge in [0.15, 0.2) is 0 Å². The molecule has 4 heteroatoms. The fourth-order valence-electron chi connectivity index (χ4n) is 1.96. The van der Waals surface area contributed by atoms with Crippen molar-refractivity contribution >= 4 is 17.7 Å². The van der Waals surface area contributed by atoms with Crippen LogP contribution in [0.4, 0.5) is 0 Å². The summed E-state index contributed by atoms with van der Waals surface area (Å²) in [5.41, 5.74) is 0.676. The van der Waals surface area contributed by atoms with Crippen molar-refractivity contribution in [2.24, 2.45) is 0 Å². The zero-order valence-electron chi connectivity index (χ0n) is 12.2. The van der Waals surface area contributed by atoms with E-state index in [0.29, 0.717) is 0 Å². The molecule has 0 bridgehead atoms. The van der Waals surface area contributed by atoms with E-state index in [1.807, 2.05) is 26.0 Å². The van der Waals surface area contributed by atoms with Crippen LogP contribution in [0.1, 0.15) is 25.8 Å². The molecule has 1 N–H and O–H groups in total. The smallest absolute Gasteiger partial charge is 0.325 e. The van der Waals surface area contributed by atoms with E-state index in [1.165, 1.54) is 17.6 Å². The molecule has 106 valence electrons. The summed E-state index contributed by atoms with van der Waals surface area (Å²) < 4.78 is 4.88. The summed E-state index contributed by atoms with van der Waals surface area (Å²) in [6.45, 7) is 6.75. The monoisotopic (exact) mass is 281 g/mol. The largest absolute Gasteiger partial charge is 0.468 e. The van der Waals surface area contributed by atoms with Gasteiger partial charge in [-0.3, -0.25) is 4.79 Å². The van der Waals surface area contributed by atoms with Gasteiger partial charge in [0, 0.05) is 10.6 Å². The molecule has 0 saturated heterocycles. The first kappa shape index (κ1) is 16.1. The number of hydrogen-bond acceptors (Lipinski definition) is 4. The molecule has 1 aromatic carbocycles. The fourth-order valence-corrected chi connectivity index (χ4v) is 3.16. The number of ether oxygens (including phenoxy) is 1. The molecular weight excluding hydrogens is 258 g/mol. The minimum atomic E-state index is -0.598. The zero-order valence-corrected chi connectivity index (χ0v) is 13.0. The predicted molar refractivity (Wildman–Crippen MR) is 80.6 cm³/mol. The van der Waals surface area contributed by atoms with E-state index in [2.05, 4.69) is 24.4 Å². The summed E-state index contributed by atoms with van der Waals surface area (Å²) in [6, 6.07) is 8.30. The molecule has 1 aromatic rings. The quantitative estimate of drug-likeness (QED) is 0.616. The number of hydrogen-bond donors (Lipinski definition) is 1. The highest BCUT2D eigenvalue weighted by atomic mass is 32.2. The van der Waals surface area contributed by atoms with Gasteiger partial charge in [0.25, 0.3) is 0 Å². The number of rotatable bonds is 7. The fraction of sp³-hybridized carbons (Fsp3) is 0.533. The molecule has 0 fully saturated rings. The van der Waals surface area contributed by atoms with Crippen LogP contribution in [0.25, 0.3) is 0 Å². The van der Waals surface area contributed by atoms with Crippen LogP contribution in [0.2, 0.25) is 0 Å². The lowest BCUT2D eigenvalue weighted by Crippen LogP contribution is -2.50. The van der Waals surface area contributed by atoms with Gasteiger partial charge in [-0.25, -0.2) is 0 Å². The van der Waals surface area contributed by atoms with E-state index < -0.39 is 5.54 Å². The number of carbonyl (C=O) groups excluding carboxylic acids is 1. The van der Waals surface area contributed by atoms with Crippen LogP contribution in [-0.2, 0) is 9.53 Å². The Morgan fingerprint density at radius 1 is 1.42 bits per heavy atom. The average Bonchev–Trinajstić information content (AvgIpc) is 2.40. The lowest BCUT2D eigenvalue weighted by Gasteiger charge is -2.27. The van der Waals surface area contributed by atoms with Gasteiger partial charge in [0.2, 0.25) is 0 Å². The maximum atomic E-state index is 11.8. The normalized spacial score (nSPS) is 13.9. The van der Waals surface area contributed by atoms with Crippen molar-refractivity contribution in [1.29, 1.82) is 0 Å². The second kappa shape index (κ2) is 7.56. The number of likely N-dealkylation sites (N-methyl/N-ethyl adjacent to an activating group) is 1. The number of benzene rings is 1. The van der Waals surface area contributed by atoms with Crippen LogP contribution in [0.15, 0.2) is 29.2 Å². The molecule has 0 radical (unpaired) electrons. The van der Waals surface area contributed by atoms with E-state index in [4.69, 9.17) is 4.74 Å². The molecule has 0 saturated carbocycles. The summed E-state index contributed by atoms with van der Waals surface area (Å²) in [4.78, 5) is 13.1. The Labute approximate surface area is 120 Å². The molecule has 0 aliphatic carbocycles. The topological polar surface area (TPSA) is 38.3 Å². The molecule has 0 aliphatic heterocycles. The summed E-state index contributed by atoms with van der Waals surface area (Å²) in [5.74, 6) is 0.684. The van der Waals surface area contributed by atoms with Crippen LogP contribution in [0, 0.1) is 6.92 Å². The Hall–Kier alpha value is -1.00. The standard InChI is InChI=1S/C15H23NO2S/c1-5-16-15(3,14(17)18-4)10-11-19-13-9-7-6-8-12(13)2/h6-9,16H,5,10-11H2,1-4H3. The van der Waals surface area contributed by atoms with Crippen LogP contribution in [0.3, 0.4) is 0 Å². The van der Waals surface area contributed by atoms with Gasteiger partial charge in [-0.1, -0.05) is 25.1 Å².